The van der Waals surface area contributed by atoms with Crippen LogP contribution in [-0.2, 0) is 0 Å². The van der Waals surface area contributed by atoms with Crippen LogP contribution in [0, 0.1) is 0 Å². The number of amides is 1. The van der Waals surface area contributed by atoms with Gasteiger partial charge in [0.15, 0.2) is 11.5 Å². The number of hydrazone groups is 1. The van der Waals surface area contributed by atoms with E-state index in [0.29, 0.717) is 22.4 Å². The molecule has 176 valence electrons. The summed E-state index contributed by atoms with van der Waals surface area (Å²) in [4.78, 5) is 25.7. The molecule has 6 nitrogen and oxygen atoms in total. The predicted molar refractivity (Wildman–Crippen MR) is 141 cm³/mol. The Labute approximate surface area is 207 Å². The minimum atomic E-state index is -0.497. The quantitative estimate of drug-likeness (QED) is 0.142. The Morgan fingerprint density at radius 3 is 2.03 bits per heavy atom. The first kappa shape index (κ1) is 22.8. The lowest BCUT2D eigenvalue weighted by atomic mass is 10.0. The van der Waals surface area contributed by atoms with Crippen LogP contribution in [-0.4, -0.2) is 25.2 Å². The van der Waals surface area contributed by atoms with Crippen molar-refractivity contribution in [3.05, 3.63) is 120 Å². The van der Waals surface area contributed by atoms with Crippen molar-refractivity contribution in [1.82, 2.24) is 5.43 Å². The fourth-order valence-corrected chi connectivity index (χ4v) is 4.06. The second kappa shape index (κ2) is 10.1. The van der Waals surface area contributed by atoms with Crippen molar-refractivity contribution in [3.8, 4) is 11.5 Å². The maximum atomic E-state index is 13.0. The van der Waals surface area contributed by atoms with Crippen LogP contribution in [0.2, 0.25) is 0 Å². The zero-order valence-corrected chi connectivity index (χ0v) is 19.5. The van der Waals surface area contributed by atoms with Gasteiger partial charge in [-0.25, -0.2) is 10.2 Å². The summed E-state index contributed by atoms with van der Waals surface area (Å²) in [5.74, 6) is -0.164. The van der Waals surface area contributed by atoms with E-state index in [0.717, 1.165) is 21.5 Å². The monoisotopic (exact) mass is 474 g/mol. The minimum Gasteiger partial charge on any atom is -0.493 e. The van der Waals surface area contributed by atoms with Crippen LogP contribution >= 0.6 is 0 Å². The maximum Gasteiger partial charge on any atom is 0.344 e. The summed E-state index contributed by atoms with van der Waals surface area (Å²) >= 11 is 0. The van der Waals surface area contributed by atoms with E-state index in [1.165, 1.54) is 13.3 Å². The van der Waals surface area contributed by atoms with Gasteiger partial charge in [0, 0.05) is 5.56 Å². The lowest BCUT2D eigenvalue weighted by Crippen LogP contribution is -2.18. The molecule has 0 fully saturated rings. The SMILES string of the molecule is COc1ccc(/C=N\NC(=O)c2cccc3ccccc23)cc1OC(=O)c1cccc2ccccc12. The number of carbonyl (C=O) groups excluding carboxylic acids is 2. The van der Waals surface area contributed by atoms with E-state index in [-0.39, 0.29) is 11.7 Å². The molecule has 0 saturated carbocycles. The first-order valence-corrected chi connectivity index (χ1v) is 11.3. The molecule has 1 amide bonds. The topological polar surface area (TPSA) is 77.0 Å². The first-order chi connectivity index (χ1) is 17.6. The van der Waals surface area contributed by atoms with Gasteiger partial charge >= 0.3 is 5.97 Å². The molecule has 0 aliphatic heterocycles. The number of rotatable bonds is 6. The third kappa shape index (κ3) is 4.65. The molecular weight excluding hydrogens is 452 g/mol. The molecule has 5 aromatic carbocycles. The Hall–Kier alpha value is -4.97. The standard InChI is InChI=1S/C30H22N2O4/c1-35-27-17-16-20(19-31-32-29(33)25-14-6-10-21-8-2-4-12-23(21)25)18-28(27)36-30(34)26-15-7-11-22-9-3-5-13-24(22)26/h2-19H,1H3,(H,32,33)/b31-19-. The Bertz CT molecular complexity index is 1610. The summed E-state index contributed by atoms with van der Waals surface area (Å²) in [5, 5.41) is 7.66. The van der Waals surface area contributed by atoms with E-state index in [2.05, 4.69) is 10.5 Å². The highest BCUT2D eigenvalue weighted by Crippen LogP contribution is 2.29. The molecular formula is C30H22N2O4. The molecule has 0 bridgehead atoms. The number of fused-ring (bicyclic) bond motifs is 2. The summed E-state index contributed by atoms with van der Waals surface area (Å²) in [7, 11) is 1.50. The Kier molecular flexibility index (Phi) is 6.40. The molecule has 0 radical (unpaired) electrons. The van der Waals surface area contributed by atoms with Crippen molar-refractivity contribution >= 4 is 39.6 Å². The van der Waals surface area contributed by atoms with Gasteiger partial charge in [0.05, 0.1) is 18.9 Å². The van der Waals surface area contributed by atoms with Gasteiger partial charge in [-0.1, -0.05) is 72.8 Å². The summed E-state index contributed by atoms with van der Waals surface area (Å²) in [6.07, 6.45) is 1.48. The number of methoxy groups -OCH3 is 1. The van der Waals surface area contributed by atoms with Crippen molar-refractivity contribution in [2.45, 2.75) is 0 Å². The summed E-state index contributed by atoms with van der Waals surface area (Å²) < 4.78 is 11.1. The van der Waals surface area contributed by atoms with Gasteiger partial charge in [-0.2, -0.15) is 5.10 Å². The summed E-state index contributed by atoms with van der Waals surface area (Å²) in [6.45, 7) is 0. The number of nitrogens with zero attached hydrogens (tertiary/aromatic N) is 1. The summed E-state index contributed by atoms with van der Waals surface area (Å²) in [5.41, 5.74) is 4.17. The maximum absolute atomic E-state index is 13.0. The largest absolute Gasteiger partial charge is 0.493 e. The van der Waals surface area contributed by atoms with Crippen LogP contribution < -0.4 is 14.9 Å². The van der Waals surface area contributed by atoms with E-state index in [1.54, 1.807) is 30.3 Å². The number of ether oxygens (including phenoxy) is 2. The first-order valence-electron chi connectivity index (χ1n) is 11.3. The number of hydrogen-bond donors (Lipinski definition) is 1. The highest BCUT2D eigenvalue weighted by molar-refractivity contribution is 6.07. The number of esters is 1. The molecule has 6 heteroatoms. The molecule has 36 heavy (non-hydrogen) atoms. The fraction of sp³-hybridized carbons (Fsp3) is 0.0333. The van der Waals surface area contributed by atoms with Gasteiger partial charge in [-0.3, -0.25) is 4.79 Å². The number of carbonyl (C=O) groups is 2. The van der Waals surface area contributed by atoms with E-state index in [1.807, 2.05) is 72.8 Å². The molecule has 5 aromatic rings. The molecule has 0 spiro atoms. The van der Waals surface area contributed by atoms with Gasteiger partial charge in [0.25, 0.3) is 5.91 Å². The fourth-order valence-electron chi connectivity index (χ4n) is 4.06. The van der Waals surface area contributed by atoms with E-state index < -0.39 is 5.97 Å². The second-order valence-electron chi connectivity index (χ2n) is 8.05. The molecule has 1 N–H and O–H groups in total. The molecule has 0 saturated heterocycles. The smallest absolute Gasteiger partial charge is 0.344 e. The highest BCUT2D eigenvalue weighted by atomic mass is 16.6. The van der Waals surface area contributed by atoms with Crippen LogP contribution in [0.25, 0.3) is 21.5 Å². The van der Waals surface area contributed by atoms with E-state index in [4.69, 9.17) is 9.47 Å². The Morgan fingerprint density at radius 2 is 1.33 bits per heavy atom. The van der Waals surface area contributed by atoms with Crippen molar-refractivity contribution < 1.29 is 19.1 Å². The zero-order valence-electron chi connectivity index (χ0n) is 19.5. The Balaban J connectivity index is 1.35. The molecule has 0 aliphatic rings. The van der Waals surface area contributed by atoms with Crippen molar-refractivity contribution in [1.29, 1.82) is 0 Å². The number of benzene rings is 5. The van der Waals surface area contributed by atoms with Gasteiger partial charge in [0.2, 0.25) is 0 Å². The molecule has 0 unspecified atom stereocenters. The van der Waals surface area contributed by atoms with Crippen LogP contribution in [0.5, 0.6) is 11.5 Å². The number of nitrogens with one attached hydrogen (secondary N) is 1. The van der Waals surface area contributed by atoms with E-state index in [9.17, 15) is 9.59 Å². The third-order valence-electron chi connectivity index (χ3n) is 5.81. The van der Waals surface area contributed by atoms with Gasteiger partial charge in [0.1, 0.15) is 0 Å². The lowest BCUT2D eigenvalue weighted by Gasteiger charge is -2.11. The van der Waals surface area contributed by atoms with Crippen LogP contribution in [0.4, 0.5) is 0 Å². The molecule has 0 heterocycles. The van der Waals surface area contributed by atoms with Crippen molar-refractivity contribution in [2.75, 3.05) is 7.11 Å². The summed E-state index contributed by atoms with van der Waals surface area (Å²) in [6, 6.07) is 31.4. The predicted octanol–water partition coefficient (Wildman–Crippen LogP) is 5.98. The molecule has 5 rings (SSSR count). The average Bonchev–Trinajstić information content (AvgIpc) is 2.92. The van der Waals surface area contributed by atoms with Crippen LogP contribution in [0.15, 0.2) is 108 Å². The van der Waals surface area contributed by atoms with Crippen LogP contribution in [0.3, 0.4) is 0 Å². The van der Waals surface area contributed by atoms with Gasteiger partial charge in [-0.05, 0) is 57.4 Å². The zero-order chi connectivity index (χ0) is 24.9. The Morgan fingerprint density at radius 1 is 0.722 bits per heavy atom. The normalized spacial score (nSPS) is 11.0. The van der Waals surface area contributed by atoms with E-state index >= 15 is 0 Å². The van der Waals surface area contributed by atoms with Gasteiger partial charge in [-0.15, -0.1) is 0 Å². The van der Waals surface area contributed by atoms with Crippen molar-refractivity contribution in [2.24, 2.45) is 5.10 Å². The lowest BCUT2D eigenvalue weighted by molar-refractivity contribution is 0.0731. The molecule has 0 aromatic heterocycles. The highest BCUT2D eigenvalue weighted by Gasteiger charge is 2.15. The third-order valence-corrected chi connectivity index (χ3v) is 5.81. The van der Waals surface area contributed by atoms with Gasteiger partial charge < -0.3 is 9.47 Å². The minimum absolute atomic E-state index is 0.250. The second-order valence-corrected chi connectivity index (χ2v) is 8.05. The number of hydrogen-bond acceptors (Lipinski definition) is 5. The molecule has 0 atom stereocenters. The van der Waals surface area contributed by atoms with Crippen molar-refractivity contribution in [3.63, 3.8) is 0 Å². The van der Waals surface area contributed by atoms with Crippen LogP contribution in [0.1, 0.15) is 26.3 Å². The molecule has 0 aliphatic carbocycles. The average molecular weight is 475 g/mol.